The maximum absolute atomic E-state index is 10.7. The summed E-state index contributed by atoms with van der Waals surface area (Å²) in [6.45, 7) is 0.503. The van der Waals surface area contributed by atoms with E-state index in [1.54, 1.807) is 0 Å². The van der Waals surface area contributed by atoms with E-state index in [4.69, 9.17) is 28.4 Å². The number of hydrogen-bond donors (Lipinski definition) is 10. The van der Waals surface area contributed by atoms with E-state index < -0.39 is 105 Å². The fraction of sp³-hybridized carbons (Fsp3) is 1.00. The molecule has 10 N–H and O–H groups in total. The highest BCUT2D eigenvalue weighted by Gasteiger charge is 2.53. The van der Waals surface area contributed by atoms with Gasteiger partial charge in [0.25, 0.3) is 0 Å². The lowest BCUT2D eigenvalue weighted by Gasteiger charge is -2.47. The highest BCUT2D eigenvalue weighted by molar-refractivity contribution is 4.96. The molecule has 0 bridgehead atoms. The van der Waals surface area contributed by atoms with Crippen LogP contribution in [0, 0.1) is 0 Å². The zero-order valence-corrected chi connectivity index (χ0v) is 20.1. The highest BCUT2D eigenvalue weighted by atomic mass is 16.8. The van der Waals surface area contributed by atoms with E-state index in [-0.39, 0.29) is 6.61 Å². The van der Waals surface area contributed by atoms with Gasteiger partial charge in [0, 0.05) is 6.61 Å². The summed E-state index contributed by atoms with van der Waals surface area (Å²) in [5, 5.41) is 101. The Morgan fingerprint density at radius 1 is 0.568 bits per heavy atom. The molecule has 0 unspecified atom stereocenters. The zero-order chi connectivity index (χ0) is 27.4. The smallest absolute Gasteiger partial charge is 0.187 e. The number of aliphatic hydroxyl groups is 10. The van der Waals surface area contributed by atoms with Crippen molar-refractivity contribution in [2.45, 2.75) is 105 Å². The van der Waals surface area contributed by atoms with Gasteiger partial charge in [0.15, 0.2) is 18.9 Å². The van der Waals surface area contributed by atoms with E-state index in [1.165, 1.54) is 0 Å². The van der Waals surface area contributed by atoms with Crippen molar-refractivity contribution >= 4 is 0 Å². The van der Waals surface area contributed by atoms with Gasteiger partial charge in [-0.25, -0.2) is 0 Å². The molecule has 0 radical (unpaired) electrons. The minimum Gasteiger partial charge on any atom is -0.394 e. The lowest BCUT2D eigenvalue weighted by Crippen LogP contribution is -2.66. The molecule has 0 aliphatic carbocycles. The number of ether oxygens (including phenoxy) is 6. The fourth-order valence-electron chi connectivity index (χ4n) is 4.39. The van der Waals surface area contributed by atoms with E-state index in [0.29, 0.717) is 13.0 Å². The van der Waals surface area contributed by atoms with Crippen molar-refractivity contribution in [2.75, 3.05) is 26.4 Å². The van der Waals surface area contributed by atoms with E-state index in [2.05, 4.69) is 0 Å². The van der Waals surface area contributed by atoms with Gasteiger partial charge in [-0.2, -0.15) is 0 Å². The molecule has 0 amide bonds. The van der Waals surface area contributed by atoms with E-state index in [1.807, 2.05) is 6.92 Å². The average Bonchev–Trinajstić information content (AvgIpc) is 2.88. The Morgan fingerprint density at radius 3 is 1.65 bits per heavy atom. The van der Waals surface area contributed by atoms with Crippen molar-refractivity contribution in [3.8, 4) is 0 Å². The molecule has 16 nitrogen and oxygen atoms in total. The quantitative estimate of drug-likeness (QED) is 0.114. The van der Waals surface area contributed by atoms with Gasteiger partial charge in [0.2, 0.25) is 0 Å². The Kier molecular flexibility index (Phi) is 11.4. The van der Waals surface area contributed by atoms with Crippen LogP contribution in [0.15, 0.2) is 0 Å². The highest BCUT2D eigenvalue weighted by Crippen LogP contribution is 2.32. The first-order valence-corrected chi connectivity index (χ1v) is 12.1. The zero-order valence-electron chi connectivity index (χ0n) is 20.1. The second-order valence-electron chi connectivity index (χ2n) is 9.23. The van der Waals surface area contributed by atoms with Crippen LogP contribution in [0.2, 0.25) is 0 Å². The van der Waals surface area contributed by atoms with Crippen molar-refractivity contribution < 1.29 is 79.5 Å². The fourth-order valence-corrected chi connectivity index (χ4v) is 4.39. The number of aliphatic hydroxyl groups excluding tert-OH is 10. The molecule has 0 aromatic heterocycles. The molecule has 37 heavy (non-hydrogen) atoms. The summed E-state index contributed by atoms with van der Waals surface area (Å²) in [5.74, 6) is 0. The maximum Gasteiger partial charge on any atom is 0.187 e. The van der Waals surface area contributed by atoms with Crippen LogP contribution in [0.25, 0.3) is 0 Å². The molecule has 15 atom stereocenters. The summed E-state index contributed by atoms with van der Waals surface area (Å²) in [7, 11) is 0. The molecule has 0 saturated carbocycles. The van der Waals surface area contributed by atoms with Gasteiger partial charge < -0.3 is 79.5 Å². The van der Waals surface area contributed by atoms with Crippen LogP contribution in [-0.4, -0.2) is 170 Å². The standard InChI is InChI=1S/C21H38O16/c1-2-3-32-6-9-18(12(26)14(28)19(31)33-9)37-21-16(30)13(27)17(8(5-23)35-21)36-20-15(29)11(25)10(24)7(4-22)34-20/h7-31H,2-6H2,1H3/t7-,8-,9-,10-,11+,12-,13-,14-,15-,16-,17-,18-,19-,20-,21-/m1/s1. The van der Waals surface area contributed by atoms with E-state index in [9.17, 15) is 51.1 Å². The maximum atomic E-state index is 10.7. The molecule has 218 valence electrons. The molecule has 3 saturated heterocycles. The van der Waals surface area contributed by atoms with Crippen LogP contribution in [0.5, 0.6) is 0 Å². The Morgan fingerprint density at radius 2 is 1.08 bits per heavy atom. The molecule has 0 spiro atoms. The third-order valence-electron chi connectivity index (χ3n) is 6.54. The van der Waals surface area contributed by atoms with E-state index >= 15 is 0 Å². The topological polar surface area (TPSA) is 258 Å². The summed E-state index contributed by atoms with van der Waals surface area (Å²) in [6.07, 6.45) is -23.7. The third kappa shape index (κ3) is 6.75. The Hall–Kier alpha value is -0.640. The molecule has 3 aliphatic rings. The first-order valence-electron chi connectivity index (χ1n) is 12.1. The van der Waals surface area contributed by atoms with Crippen LogP contribution in [0.1, 0.15) is 13.3 Å². The minimum absolute atomic E-state index is 0.156. The van der Waals surface area contributed by atoms with Crippen LogP contribution in [0.4, 0.5) is 0 Å². The number of rotatable bonds is 10. The largest absolute Gasteiger partial charge is 0.394 e. The van der Waals surface area contributed by atoms with Crippen molar-refractivity contribution in [2.24, 2.45) is 0 Å². The first-order chi connectivity index (χ1) is 17.5. The molecule has 16 heteroatoms. The first kappa shape index (κ1) is 30.9. The van der Waals surface area contributed by atoms with Gasteiger partial charge in [-0.05, 0) is 6.42 Å². The monoisotopic (exact) mass is 546 g/mol. The summed E-state index contributed by atoms with van der Waals surface area (Å²) in [5.41, 5.74) is 0. The lowest BCUT2D eigenvalue weighted by molar-refractivity contribution is -0.378. The van der Waals surface area contributed by atoms with Gasteiger partial charge in [-0.1, -0.05) is 6.92 Å². The molecule has 0 aromatic carbocycles. The van der Waals surface area contributed by atoms with Gasteiger partial charge in [0.1, 0.15) is 73.2 Å². The van der Waals surface area contributed by atoms with Crippen LogP contribution >= 0.6 is 0 Å². The summed E-state index contributed by atoms with van der Waals surface area (Å²) in [4.78, 5) is 0. The molecule has 0 aromatic rings. The van der Waals surface area contributed by atoms with Crippen LogP contribution in [-0.2, 0) is 28.4 Å². The summed E-state index contributed by atoms with van der Waals surface area (Å²) < 4.78 is 32.6. The molecule has 3 fully saturated rings. The predicted octanol–water partition coefficient (Wildman–Crippen LogP) is -6.14. The van der Waals surface area contributed by atoms with E-state index in [0.717, 1.165) is 0 Å². The van der Waals surface area contributed by atoms with Crippen LogP contribution < -0.4 is 0 Å². The second-order valence-corrected chi connectivity index (χ2v) is 9.23. The Balaban J connectivity index is 1.72. The molecule has 3 heterocycles. The Bertz CT molecular complexity index is 683. The molecule has 3 rings (SSSR count). The minimum atomic E-state index is -1.87. The average molecular weight is 547 g/mol. The van der Waals surface area contributed by atoms with Gasteiger partial charge in [-0.15, -0.1) is 0 Å². The van der Waals surface area contributed by atoms with Crippen molar-refractivity contribution in [1.82, 2.24) is 0 Å². The Labute approximate surface area is 212 Å². The molecule has 3 aliphatic heterocycles. The summed E-state index contributed by atoms with van der Waals surface area (Å²) in [6, 6.07) is 0. The van der Waals surface area contributed by atoms with Crippen molar-refractivity contribution in [3.63, 3.8) is 0 Å². The normalized spacial score (nSPS) is 49.2. The van der Waals surface area contributed by atoms with Crippen molar-refractivity contribution in [3.05, 3.63) is 0 Å². The van der Waals surface area contributed by atoms with Crippen molar-refractivity contribution in [1.29, 1.82) is 0 Å². The van der Waals surface area contributed by atoms with Gasteiger partial charge >= 0.3 is 0 Å². The lowest BCUT2D eigenvalue weighted by atomic mass is 9.96. The second kappa shape index (κ2) is 13.6. The predicted molar refractivity (Wildman–Crippen MR) is 115 cm³/mol. The van der Waals surface area contributed by atoms with Gasteiger partial charge in [-0.3, -0.25) is 0 Å². The van der Waals surface area contributed by atoms with Crippen LogP contribution in [0.3, 0.4) is 0 Å². The molecular weight excluding hydrogens is 508 g/mol. The number of hydrogen-bond acceptors (Lipinski definition) is 16. The third-order valence-corrected chi connectivity index (χ3v) is 6.54. The van der Waals surface area contributed by atoms with Gasteiger partial charge in [0.05, 0.1) is 19.8 Å². The SMILES string of the molecule is CCCOC[C@H]1O[C@@H](O)[C@H](O)[C@@H](O)[C@@H]1O[C@H]1O[C@H](CO)[C@@H](O[C@H]2O[C@H](CO)[C@@H](O)[C@H](O)[C@H]2O)[C@H](O)[C@H]1O. The molecular formula is C21H38O16. The summed E-state index contributed by atoms with van der Waals surface area (Å²) >= 11 is 0.